The van der Waals surface area contributed by atoms with Crippen LogP contribution in [-0.4, -0.2) is 52.2 Å². The van der Waals surface area contributed by atoms with Crippen molar-refractivity contribution in [1.82, 2.24) is 15.2 Å². The quantitative estimate of drug-likeness (QED) is 0.686. The zero-order valence-corrected chi connectivity index (χ0v) is 16.2. The lowest BCUT2D eigenvalue weighted by Crippen LogP contribution is -2.72. The third kappa shape index (κ3) is 3.82. The maximum Gasteiger partial charge on any atom is 0.256 e. The molecule has 0 aliphatic carbocycles. The van der Waals surface area contributed by atoms with E-state index in [1.165, 1.54) is 29.3 Å². The standard InChI is InChI=1S/C21H24F2N4O2/c1-13-5-6-16(15(22)10-13)26-18-14(7-9-25-19(18)23)20(28)27-11-21(29,12-27)17-4-2-3-8-24-17/h5-7,9-10,17,24,26,29H,2-4,8,11-12H2,1H3/t17-/m0/s1. The Morgan fingerprint density at radius 2 is 2.10 bits per heavy atom. The molecular formula is C21H24F2N4O2. The van der Waals surface area contributed by atoms with E-state index in [0.717, 1.165) is 31.4 Å². The molecule has 1 aromatic carbocycles. The molecule has 2 fully saturated rings. The first-order chi connectivity index (χ1) is 13.9. The number of amides is 1. The highest BCUT2D eigenvalue weighted by Gasteiger charge is 2.49. The average molecular weight is 402 g/mol. The molecule has 0 saturated carbocycles. The summed E-state index contributed by atoms with van der Waals surface area (Å²) >= 11 is 0. The fourth-order valence-electron chi connectivity index (χ4n) is 4.05. The van der Waals surface area contributed by atoms with E-state index in [-0.39, 0.29) is 36.1 Å². The van der Waals surface area contributed by atoms with Gasteiger partial charge in [0.15, 0.2) is 0 Å². The Hall–Kier alpha value is -2.58. The van der Waals surface area contributed by atoms with Crippen molar-refractivity contribution in [2.24, 2.45) is 0 Å². The van der Waals surface area contributed by atoms with Gasteiger partial charge in [-0.3, -0.25) is 4.79 Å². The lowest BCUT2D eigenvalue weighted by atomic mass is 9.81. The van der Waals surface area contributed by atoms with Crippen molar-refractivity contribution < 1.29 is 18.7 Å². The first-order valence-corrected chi connectivity index (χ1v) is 9.80. The highest BCUT2D eigenvalue weighted by Crippen LogP contribution is 2.32. The summed E-state index contributed by atoms with van der Waals surface area (Å²) in [6.07, 6.45) is 4.19. The minimum Gasteiger partial charge on any atom is -0.385 e. The molecule has 0 unspecified atom stereocenters. The van der Waals surface area contributed by atoms with Crippen molar-refractivity contribution in [3.8, 4) is 0 Å². The van der Waals surface area contributed by atoms with E-state index in [2.05, 4.69) is 15.6 Å². The SMILES string of the molecule is Cc1ccc(Nc2c(C(=O)N3CC(O)([C@@H]4CCCCN4)C3)ccnc2F)c(F)c1. The summed E-state index contributed by atoms with van der Waals surface area (Å²) in [7, 11) is 0. The number of aryl methyl sites for hydroxylation is 1. The van der Waals surface area contributed by atoms with Gasteiger partial charge in [-0.15, -0.1) is 0 Å². The van der Waals surface area contributed by atoms with Gasteiger partial charge in [-0.25, -0.2) is 9.37 Å². The minimum absolute atomic E-state index is 0.0475. The van der Waals surface area contributed by atoms with Crippen molar-refractivity contribution in [3.63, 3.8) is 0 Å². The molecule has 154 valence electrons. The summed E-state index contributed by atoms with van der Waals surface area (Å²) in [5.74, 6) is -1.87. The predicted octanol–water partition coefficient (Wildman–Crippen LogP) is 2.74. The van der Waals surface area contributed by atoms with Crippen LogP contribution >= 0.6 is 0 Å². The van der Waals surface area contributed by atoms with Crippen LogP contribution in [0, 0.1) is 18.7 Å². The summed E-state index contributed by atoms with van der Waals surface area (Å²) in [6.45, 7) is 2.95. The number of pyridine rings is 1. The van der Waals surface area contributed by atoms with Crippen LogP contribution in [0.4, 0.5) is 20.2 Å². The molecule has 4 rings (SSSR count). The number of benzene rings is 1. The van der Waals surface area contributed by atoms with Crippen LogP contribution in [0.1, 0.15) is 35.2 Å². The molecule has 2 aliphatic rings. The molecule has 0 radical (unpaired) electrons. The summed E-state index contributed by atoms with van der Waals surface area (Å²) < 4.78 is 28.6. The smallest absolute Gasteiger partial charge is 0.256 e. The van der Waals surface area contributed by atoms with Crippen LogP contribution in [0.2, 0.25) is 0 Å². The van der Waals surface area contributed by atoms with E-state index >= 15 is 0 Å². The van der Waals surface area contributed by atoms with E-state index < -0.39 is 23.3 Å². The van der Waals surface area contributed by atoms with E-state index in [0.29, 0.717) is 0 Å². The van der Waals surface area contributed by atoms with Crippen LogP contribution in [0.5, 0.6) is 0 Å². The van der Waals surface area contributed by atoms with Crippen LogP contribution in [-0.2, 0) is 0 Å². The lowest BCUT2D eigenvalue weighted by molar-refractivity contribution is -0.108. The van der Waals surface area contributed by atoms with E-state index in [9.17, 15) is 18.7 Å². The van der Waals surface area contributed by atoms with Gasteiger partial charge >= 0.3 is 0 Å². The van der Waals surface area contributed by atoms with Gasteiger partial charge in [-0.2, -0.15) is 4.39 Å². The van der Waals surface area contributed by atoms with Crippen molar-refractivity contribution in [2.75, 3.05) is 25.0 Å². The number of hydrogen-bond acceptors (Lipinski definition) is 5. The van der Waals surface area contributed by atoms with Crippen LogP contribution in [0.15, 0.2) is 30.5 Å². The molecule has 3 N–H and O–H groups in total. The third-order valence-corrected chi connectivity index (χ3v) is 5.69. The normalized spacial score (nSPS) is 20.8. The number of likely N-dealkylation sites (tertiary alicyclic amines) is 1. The molecule has 2 aromatic rings. The highest BCUT2D eigenvalue weighted by molar-refractivity contribution is 6.00. The number of aliphatic hydroxyl groups is 1. The number of nitrogens with one attached hydrogen (secondary N) is 2. The van der Waals surface area contributed by atoms with Gasteiger partial charge in [0.05, 0.1) is 24.3 Å². The molecule has 8 heteroatoms. The first-order valence-electron chi connectivity index (χ1n) is 9.80. The predicted molar refractivity (Wildman–Crippen MR) is 105 cm³/mol. The van der Waals surface area contributed by atoms with Crippen LogP contribution < -0.4 is 10.6 Å². The minimum atomic E-state index is -0.974. The number of piperidine rings is 1. The number of halogens is 2. The number of carbonyl (C=O) groups excluding carboxylic acids is 1. The summed E-state index contributed by atoms with van der Waals surface area (Å²) in [4.78, 5) is 18.0. The first kappa shape index (κ1) is 19.7. The molecule has 6 nitrogen and oxygen atoms in total. The number of anilines is 2. The Balaban J connectivity index is 1.53. The lowest BCUT2D eigenvalue weighted by Gasteiger charge is -2.51. The maximum atomic E-state index is 14.4. The van der Waals surface area contributed by atoms with Gasteiger partial charge in [0.25, 0.3) is 5.91 Å². The zero-order valence-electron chi connectivity index (χ0n) is 16.2. The Kier molecular flexibility index (Phi) is 5.23. The molecule has 2 saturated heterocycles. The number of carbonyl (C=O) groups is 1. The molecular weight excluding hydrogens is 378 g/mol. The van der Waals surface area contributed by atoms with Gasteiger partial charge in [0.2, 0.25) is 5.95 Å². The van der Waals surface area contributed by atoms with Crippen molar-refractivity contribution in [3.05, 3.63) is 53.4 Å². The number of β-amino-alcohol motifs (C(OH)–C–C–N with tert-alkyl or cyclic N) is 1. The number of hydrogen-bond donors (Lipinski definition) is 3. The number of nitrogens with zero attached hydrogens (tertiary/aromatic N) is 2. The van der Waals surface area contributed by atoms with E-state index in [1.54, 1.807) is 13.0 Å². The van der Waals surface area contributed by atoms with Crippen molar-refractivity contribution >= 4 is 17.3 Å². The summed E-state index contributed by atoms with van der Waals surface area (Å²) in [5.41, 5.74) is -0.309. The van der Waals surface area contributed by atoms with Gasteiger partial charge in [0.1, 0.15) is 17.1 Å². The molecule has 1 aromatic heterocycles. The van der Waals surface area contributed by atoms with Crippen molar-refractivity contribution in [2.45, 2.75) is 37.8 Å². The maximum absolute atomic E-state index is 14.4. The van der Waals surface area contributed by atoms with Gasteiger partial charge < -0.3 is 20.6 Å². The molecule has 0 spiro atoms. The van der Waals surface area contributed by atoms with E-state index in [4.69, 9.17) is 0 Å². The Morgan fingerprint density at radius 3 is 2.79 bits per heavy atom. The Bertz CT molecular complexity index is 925. The second-order valence-corrected chi connectivity index (χ2v) is 7.90. The topological polar surface area (TPSA) is 77.5 Å². The molecule has 2 aliphatic heterocycles. The molecule has 1 atom stereocenters. The average Bonchev–Trinajstić information content (AvgIpc) is 2.69. The molecule has 0 bridgehead atoms. The van der Waals surface area contributed by atoms with E-state index in [1.807, 2.05) is 0 Å². The van der Waals surface area contributed by atoms with Crippen LogP contribution in [0.3, 0.4) is 0 Å². The second-order valence-electron chi connectivity index (χ2n) is 7.90. The van der Waals surface area contributed by atoms with Gasteiger partial charge in [-0.05, 0) is 50.1 Å². The fraction of sp³-hybridized carbons (Fsp3) is 0.429. The summed E-state index contributed by atoms with van der Waals surface area (Å²) in [6, 6.07) is 5.85. The van der Waals surface area contributed by atoms with Crippen molar-refractivity contribution in [1.29, 1.82) is 0 Å². The Labute approximate surface area is 167 Å². The zero-order chi connectivity index (χ0) is 20.6. The van der Waals surface area contributed by atoms with Gasteiger partial charge in [0, 0.05) is 12.2 Å². The molecule has 1 amide bonds. The largest absolute Gasteiger partial charge is 0.385 e. The second kappa shape index (κ2) is 7.68. The monoisotopic (exact) mass is 402 g/mol. The molecule has 29 heavy (non-hydrogen) atoms. The highest BCUT2D eigenvalue weighted by atomic mass is 19.1. The number of aromatic nitrogens is 1. The fourth-order valence-corrected chi connectivity index (χ4v) is 4.05. The third-order valence-electron chi connectivity index (χ3n) is 5.69. The van der Waals surface area contributed by atoms with Crippen LogP contribution in [0.25, 0.3) is 0 Å². The number of rotatable bonds is 4. The molecule has 3 heterocycles. The van der Waals surface area contributed by atoms with Gasteiger partial charge in [-0.1, -0.05) is 12.5 Å². The Morgan fingerprint density at radius 1 is 1.31 bits per heavy atom. The summed E-state index contributed by atoms with van der Waals surface area (Å²) in [5, 5.41) is 16.8.